The van der Waals surface area contributed by atoms with E-state index in [0.29, 0.717) is 0 Å². The maximum absolute atomic E-state index is 12.9. The number of aryl methyl sites for hydroxylation is 1. The third-order valence-electron chi connectivity index (χ3n) is 4.19. The lowest BCUT2D eigenvalue weighted by atomic mass is 10.0. The number of pyridine rings is 1. The van der Waals surface area contributed by atoms with Crippen LogP contribution in [-0.2, 0) is 0 Å². The van der Waals surface area contributed by atoms with Crippen molar-refractivity contribution >= 4 is 28.4 Å². The van der Waals surface area contributed by atoms with E-state index in [-0.39, 0.29) is 17.2 Å². The molecule has 23 heavy (non-hydrogen) atoms. The van der Waals surface area contributed by atoms with Crippen LogP contribution in [0.4, 0.5) is 0 Å². The molecule has 2 atom stereocenters. The van der Waals surface area contributed by atoms with Gasteiger partial charge in [-0.25, -0.2) is 0 Å². The molecule has 2 N–H and O–H groups in total. The van der Waals surface area contributed by atoms with Crippen LogP contribution in [0.2, 0.25) is 0 Å². The van der Waals surface area contributed by atoms with Crippen LogP contribution in [-0.4, -0.2) is 27.5 Å². The second-order valence-electron chi connectivity index (χ2n) is 5.83. The second-order valence-corrected chi connectivity index (χ2v) is 6.97. The summed E-state index contributed by atoms with van der Waals surface area (Å²) >= 11 is 1.75. The van der Waals surface area contributed by atoms with E-state index < -0.39 is 0 Å². The molecule has 116 valence electrons. The fourth-order valence-electron chi connectivity index (χ4n) is 2.98. The molecule has 1 fully saturated rings. The van der Waals surface area contributed by atoms with Gasteiger partial charge in [-0.3, -0.25) is 15.1 Å². The Morgan fingerprint density at radius 2 is 2.26 bits per heavy atom. The summed E-state index contributed by atoms with van der Waals surface area (Å²) in [6.07, 6.45) is 5.45. The highest BCUT2D eigenvalue weighted by Gasteiger charge is 2.32. The van der Waals surface area contributed by atoms with Crippen molar-refractivity contribution in [1.29, 1.82) is 0 Å². The topological polar surface area (TPSA) is 57.8 Å². The number of aromatic nitrogens is 2. The number of carbonyl (C=O) groups excluding carboxylic acids is 1. The van der Waals surface area contributed by atoms with Crippen molar-refractivity contribution in [3.8, 4) is 0 Å². The molecule has 1 aliphatic rings. The average molecular weight is 323 g/mol. The largest absolute Gasteiger partial charge is 0.360 e. The first-order valence-electron chi connectivity index (χ1n) is 7.62. The molecule has 3 aromatic rings. The van der Waals surface area contributed by atoms with E-state index in [1.807, 2.05) is 36.7 Å². The number of aromatic amines is 1. The van der Waals surface area contributed by atoms with Crippen LogP contribution < -0.4 is 5.32 Å². The molecule has 0 bridgehead atoms. The van der Waals surface area contributed by atoms with E-state index in [9.17, 15) is 4.79 Å². The lowest BCUT2D eigenvalue weighted by molar-refractivity contribution is 0.0957. The van der Waals surface area contributed by atoms with Gasteiger partial charge in [-0.05, 0) is 30.2 Å². The molecule has 0 aliphatic carbocycles. The van der Waals surface area contributed by atoms with Crippen LogP contribution in [0, 0.1) is 6.92 Å². The summed E-state index contributed by atoms with van der Waals surface area (Å²) < 4.78 is 0. The smallest absolute Gasteiger partial charge is 0.182 e. The predicted octanol–water partition coefficient (Wildman–Crippen LogP) is 3.46. The Morgan fingerprint density at radius 1 is 1.35 bits per heavy atom. The quantitative estimate of drug-likeness (QED) is 0.725. The molecule has 1 aliphatic heterocycles. The highest BCUT2D eigenvalue weighted by molar-refractivity contribution is 7.99. The summed E-state index contributed by atoms with van der Waals surface area (Å²) in [5.74, 6) is 0.927. The van der Waals surface area contributed by atoms with Gasteiger partial charge in [0, 0.05) is 40.8 Å². The Hall–Kier alpha value is -2.11. The van der Waals surface area contributed by atoms with Gasteiger partial charge in [-0.1, -0.05) is 18.2 Å². The number of carbonyl (C=O) groups is 1. The third kappa shape index (κ3) is 2.66. The number of hydrogen-bond donors (Lipinski definition) is 2. The Morgan fingerprint density at radius 3 is 3.09 bits per heavy atom. The number of hydrogen-bond acceptors (Lipinski definition) is 4. The van der Waals surface area contributed by atoms with E-state index in [1.165, 1.54) is 5.56 Å². The predicted molar refractivity (Wildman–Crippen MR) is 93.7 cm³/mol. The highest BCUT2D eigenvalue weighted by atomic mass is 32.2. The standard InChI is InChI=1S/C18H17N3OS/c1-11-4-5-13-14(9-20-15(13)7-11)17(22)16-10-23-18(21-16)12-3-2-6-19-8-12/h2-9,16,18,20-21H,10H2,1H3/t16-,18+/m0/s1. The fraction of sp³-hybridized carbons (Fsp3) is 0.222. The fourth-order valence-corrected chi connectivity index (χ4v) is 4.20. The number of nitrogens with one attached hydrogen (secondary N) is 2. The zero-order chi connectivity index (χ0) is 15.8. The number of benzene rings is 1. The second kappa shape index (κ2) is 5.83. The van der Waals surface area contributed by atoms with Crippen LogP contribution in [0.25, 0.3) is 10.9 Å². The minimum atomic E-state index is -0.162. The Bertz CT molecular complexity index is 859. The molecule has 4 nitrogen and oxygen atoms in total. The normalized spacial score (nSPS) is 20.9. The van der Waals surface area contributed by atoms with Crippen molar-refractivity contribution in [2.75, 3.05) is 5.75 Å². The zero-order valence-electron chi connectivity index (χ0n) is 12.7. The summed E-state index contributed by atoms with van der Waals surface area (Å²) in [7, 11) is 0. The van der Waals surface area contributed by atoms with Gasteiger partial charge < -0.3 is 4.98 Å². The number of nitrogens with zero attached hydrogens (tertiary/aromatic N) is 1. The number of ketones is 1. The lowest BCUT2D eigenvalue weighted by Gasteiger charge is -2.12. The van der Waals surface area contributed by atoms with Crippen molar-refractivity contribution in [2.24, 2.45) is 0 Å². The van der Waals surface area contributed by atoms with Crippen LogP contribution in [0.3, 0.4) is 0 Å². The van der Waals surface area contributed by atoms with Crippen molar-refractivity contribution in [2.45, 2.75) is 18.3 Å². The molecule has 1 aromatic carbocycles. The number of rotatable bonds is 3. The first kappa shape index (κ1) is 14.5. The van der Waals surface area contributed by atoms with Crippen molar-refractivity contribution in [3.05, 3.63) is 65.6 Å². The zero-order valence-corrected chi connectivity index (χ0v) is 13.6. The molecular weight excluding hydrogens is 306 g/mol. The summed E-state index contributed by atoms with van der Waals surface area (Å²) in [6.45, 7) is 2.05. The third-order valence-corrected chi connectivity index (χ3v) is 5.46. The maximum Gasteiger partial charge on any atom is 0.182 e. The van der Waals surface area contributed by atoms with E-state index in [0.717, 1.165) is 27.8 Å². The Kier molecular flexibility index (Phi) is 3.67. The number of fused-ring (bicyclic) bond motifs is 1. The summed E-state index contributed by atoms with van der Waals surface area (Å²) in [5, 5.41) is 4.56. The summed E-state index contributed by atoms with van der Waals surface area (Å²) in [6, 6.07) is 9.94. The molecule has 0 spiro atoms. The minimum Gasteiger partial charge on any atom is -0.360 e. The van der Waals surface area contributed by atoms with E-state index in [2.05, 4.69) is 28.3 Å². The molecule has 1 saturated heterocycles. The molecule has 3 heterocycles. The average Bonchev–Trinajstić information content (AvgIpc) is 3.22. The summed E-state index contributed by atoms with van der Waals surface area (Å²) in [4.78, 5) is 20.2. The Balaban J connectivity index is 1.57. The molecule has 0 unspecified atom stereocenters. The van der Waals surface area contributed by atoms with Crippen LogP contribution in [0.1, 0.15) is 26.9 Å². The molecule has 5 heteroatoms. The van der Waals surface area contributed by atoms with Gasteiger partial charge in [-0.15, -0.1) is 11.8 Å². The van der Waals surface area contributed by atoms with Gasteiger partial charge in [0.1, 0.15) is 0 Å². The van der Waals surface area contributed by atoms with Gasteiger partial charge in [0.05, 0.1) is 11.4 Å². The van der Waals surface area contributed by atoms with E-state index in [4.69, 9.17) is 0 Å². The molecule has 0 saturated carbocycles. The first-order chi connectivity index (χ1) is 11.2. The van der Waals surface area contributed by atoms with Crippen LogP contribution in [0.5, 0.6) is 0 Å². The maximum atomic E-state index is 12.9. The van der Waals surface area contributed by atoms with Crippen LogP contribution in [0.15, 0.2) is 48.9 Å². The van der Waals surface area contributed by atoms with Crippen molar-refractivity contribution in [3.63, 3.8) is 0 Å². The number of thioether (sulfide) groups is 1. The van der Waals surface area contributed by atoms with Crippen molar-refractivity contribution in [1.82, 2.24) is 15.3 Å². The van der Waals surface area contributed by atoms with Gasteiger partial charge >= 0.3 is 0 Å². The van der Waals surface area contributed by atoms with Crippen molar-refractivity contribution < 1.29 is 4.79 Å². The van der Waals surface area contributed by atoms with Gasteiger partial charge in [0.15, 0.2) is 5.78 Å². The first-order valence-corrected chi connectivity index (χ1v) is 8.67. The minimum absolute atomic E-state index is 0.130. The molecular formula is C18H17N3OS. The van der Waals surface area contributed by atoms with E-state index in [1.54, 1.807) is 18.0 Å². The molecule has 2 aromatic heterocycles. The molecule has 0 amide bonds. The van der Waals surface area contributed by atoms with Gasteiger partial charge in [-0.2, -0.15) is 0 Å². The van der Waals surface area contributed by atoms with Crippen LogP contribution >= 0.6 is 11.8 Å². The SMILES string of the molecule is Cc1ccc2c(C(=O)[C@@H]3CS[C@H](c4cccnc4)N3)c[nH]c2c1. The van der Waals surface area contributed by atoms with Gasteiger partial charge in [0.25, 0.3) is 0 Å². The monoisotopic (exact) mass is 323 g/mol. The van der Waals surface area contributed by atoms with E-state index >= 15 is 0 Å². The number of Topliss-reactive ketones (excluding diaryl/α,β-unsaturated/α-hetero) is 1. The van der Waals surface area contributed by atoms with Gasteiger partial charge in [0.2, 0.25) is 0 Å². The lowest BCUT2D eigenvalue weighted by Crippen LogP contribution is -2.34. The molecule has 0 radical (unpaired) electrons. The number of H-pyrrole nitrogens is 1. The molecule has 4 rings (SSSR count). The Labute approximate surface area is 138 Å². The summed E-state index contributed by atoms with van der Waals surface area (Å²) in [5.41, 5.74) is 4.08. The highest BCUT2D eigenvalue weighted by Crippen LogP contribution is 2.34.